The molecule has 0 radical (unpaired) electrons. The Morgan fingerprint density at radius 1 is 1.31 bits per heavy atom. The highest BCUT2D eigenvalue weighted by molar-refractivity contribution is 6.14. The van der Waals surface area contributed by atoms with E-state index < -0.39 is 29.3 Å². The minimum atomic E-state index is -0.822. The van der Waals surface area contributed by atoms with Crippen molar-refractivity contribution >= 4 is 11.7 Å². The van der Waals surface area contributed by atoms with E-state index in [2.05, 4.69) is 0 Å². The molecule has 1 atom stereocenters. The molecule has 2 heterocycles. The van der Waals surface area contributed by atoms with E-state index in [1.807, 2.05) is 0 Å². The van der Waals surface area contributed by atoms with Gasteiger partial charge in [-0.1, -0.05) is 12.1 Å². The normalized spacial score (nSPS) is 17.2. The maximum atomic E-state index is 13.3. The molecule has 136 valence electrons. The summed E-state index contributed by atoms with van der Waals surface area (Å²) in [4.78, 5) is 26.7. The fourth-order valence-electron chi connectivity index (χ4n) is 3.03. The van der Waals surface area contributed by atoms with Crippen molar-refractivity contribution in [3.05, 3.63) is 71.1 Å². The lowest BCUT2D eigenvalue weighted by Gasteiger charge is -2.26. The lowest BCUT2D eigenvalue weighted by atomic mass is 9.95. The number of benzene rings is 1. The topological polar surface area (TPSA) is 80.0 Å². The molecule has 1 aliphatic heterocycles. The summed E-state index contributed by atoms with van der Waals surface area (Å²) in [6, 6.07) is 7.66. The molecule has 0 aliphatic carbocycles. The first-order valence-electron chi connectivity index (χ1n) is 8.11. The summed E-state index contributed by atoms with van der Waals surface area (Å²) in [5.41, 5.74) is 0.449. The van der Waals surface area contributed by atoms with Crippen LogP contribution < -0.4 is 0 Å². The summed E-state index contributed by atoms with van der Waals surface area (Å²) >= 11 is 0. The molecule has 26 heavy (non-hydrogen) atoms. The molecule has 0 fully saturated rings. The standard InChI is InChI=1S/C19H18FNO5/c1-25-10-3-9-21-16(12-5-7-13(20)8-6-12)15(18(23)19(21)24)17(22)14-4-2-11-26-14/h2,4-8,11,16,23H,3,9-10H2,1H3/t16-/m0/s1. The van der Waals surface area contributed by atoms with Crippen LogP contribution in [0.15, 0.2) is 58.4 Å². The van der Waals surface area contributed by atoms with Crippen LogP contribution in [0.2, 0.25) is 0 Å². The molecule has 1 N–H and O–H groups in total. The molecule has 3 rings (SSSR count). The first-order valence-corrected chi connectivity index (χ1v) is 8.11. The van der Waals surface area contributed by atoms with Crippen LogP contribution in [0.1, 0.15) is 28.6 Å². The van der Waals surface area contributed by atoms with Gasteiger partial charge in [-0.2, -0.15) is 0 Å². The monoisotopic (exact) mass is 359 g/mol. The van der Waals surface area contributed by atoms with Crippen LogP contribution in [-0.4, -0.2) is 42.0 Å². The molecule has 7 heteroatoms. The van der Waals surface area contributed by atoms with Crippen molar-refractivity contribution in [2.24, 2.45) is 0 Å². The first-order chi connectivity index (χ1) is 12.5. The van der Waals surface area contributed by atoms with Gasteiger partial charge in [0.1, 0.15) is 5.82 Å². The number of aliphatic hydroxyl groups is 1. The molecule has 1 aromatic heterocycles. The van der Waals surface area contributed by atoms with Gasteiger partial charge in [-0.15, -0.1) is 0 Å². The number of aliphatic hydroxyl groups excluding tert-OH is 1. The minimum absolute atomic E-state index is 0.0187. The average molecular weight is 359 g/mol. The Labute approximate surface area is 149 Å². The number of ether oxygens (including phenoxy) is 1. The van der Waals surface area contributed by atoms with Gasteiger partial charge in [-0.05, 0) is 36.2 Å². The number of nitrogens with zero attached hydrogens (tertiary/aromatic N) is 1. The Hall–Kier alpha value is -2.93. The summed E-state index contributed by atoms with van der Waals surface area (Å²) in [7, 11) is 1.55. The maximum absolute atomic E-state index is 13.3. The lowest BCUT2D eigenvalue weighted by Crippen LogP contribution is -2.32. The molecule has 1 aromatic carbocycles. The number of amides is 1. The van der Waals surface area contributed by atoms with E-state index in [-0.39, 0.29) is 17.9 Å². The largest absolute Gasteiger partial charge is 0.503 e. The van der Waals surface area contributed by atoms with Crippen LogP contribution in [0.4, 0.5) is 4.39 Å². The van der Waals surface area contributed by atoms with E-state index in [0.29, 0.717) is 18.6 Å². The van der Waals surface area contributed by atoms with Gasteiger partial charge in [0.05, 0.1) is 17.9 Å². The summed E-state index contributed by atoms with van der Waals surface area (Å²) in [6.07, 6.45) is 1.86. The van der Waals surface area contributed by atoms with Gasteiger partial charge in [0.2, 0.25) is 5.78 Å². The number of hydrogen-bond acceptors (Lipinski definition) is 5. The zero-order valence-corrected chi connectivity index (χ0v) is 14.1. The number of carbonyl (C=O) groups is 2. The van der Waals surface area contributed by atoms with Crippen LogP contribution in [0.5, 0.6) is 0 Å². The van der Waals surface area contributed by atoms with Gasteiger partial charge in [0, 0.05) is 20.3 Å². The molecule has 6 nitrogen and oxygen atoms in total. The smallest absolute Gasteiger partial charge is 0.290 e. The number of halogens is 1. The first kappa shape index (κ1) is 17.9. The fourth-order valence-corrected chi connectivity index (χ4v) is 3.03. The Kier molecular flexibility index (Phi) is 5.18. The Bertz CT molecular complexity index is 826. The van der Waals surface area contributed by atoms with E-state index in [1.165, 1.54) is 41.5 Å². The molecular formula is C19H18FNO5. The van der Waals surface area contributed by atoms with Gasteiger partial charge in [0.15, 0.2) is 11.5 Å². The molecule has 0 spiro atoms. The molecule has 1 amide bonds. The summed E-state index contributed by atoms with van der Waals surface area (Å²) in [5.74, 6) is -2.26. The number of carbonyl (C=O) groups excluding carboxylic acids is 2. The summed E-state index contributed by atoms with van der Waals surface area (Å²) in [5, 5.41) is 10.4. The van der Waals surface area contributed by atoms with Crippen molar-refractivity contribution in [2.75, 3.05) is 20.3 Å². The van der Waals surface area contributed by atoms with E-state index in [4.69, 9.17) is 9.15 Å². The molecule has 0 unspecified atom stereocenters. The number of rotatable bonds is 7. The summed E-state index contributed by atoms with van der Waals surface area (Å²) in [6.45, 7) is 0.690. The molecule has 0 bridgehead atoms. The van der Waals surface area contributed by atoms with Gasteiger partial charge in [-0.3, -0.25) is 9.59 Å². The fraction of sp³-hybridized carbons (Fsp3) is 0.263. The van der Waals surface area contributed by atoms with Gasteiger partial charge >= 0.3 is 0 Å². The number of furan rings is 1. The van der Waals surface area contributed by atoms with Crippen molar-refractivity contribution in [2.45, 2.75) is 12.5 Å². The minimum Gasteiger partial charge on any atom is -0.503 e. The second-order valence-electron chi connectivity index (χ2n) is 5.87. The Morgan fingerprint density at radius 2 is 2.04 bits per heavy atom. The zero-order chi connectivity index (χ0) is 18.7. The third-order valence-electron chi connectivity index (χ3n) is 4.23. The SMILES string of the molecule is COCCCN1C(=O)C(O)=C(C(=O)c2ccco2)[C@@H]1c1ccc(F)cc1. The van der Waals surface area contributed by atoms with Gasteiger partial charge in [-0.25, -0.2) is 4.39 Å². The predicted octanol–water partition coefficient (Wildman–Crippen LogP) is 3.03. The zero-order valence-electron chi connectivity index (χ0n) is 14.1. The molecular weight excluding hydrogens is 341 g/mol. The van der Waals surface area contributed by atoms with Crippen LogP contribution >= 0.6 is 0 Å². The average Bonchev–Trinajstić information content (AvgIpc) is 3.25. The number of hydrogen-bond donors (Lipinski definition) is 1. The molecule has 1 aliphatic rings. The number of methoxy groups -OCH3 is 1. The van der Waals surface area contributed by atoms with Gasteiger partial charge < -0.3 is 19.2 Å². The second-order valence-corrected chi connectivity index (χ2v) is 5.87. The van der Waals surface area contributed by atoms with E-state index >= 15 is 0 Å². The van der Waals surface area contributed by atoms with Crippen molar-refractivity contribution in [1.29, 1.82) is 0 Å². The maximum Gasteiger partial charge on any atom is 0.290 e. The van der Waals surface area contributed by atoms with E-state index in [0.717, 1.165) is 0 Å². The highest BCUT2D eigenvalue weighted by atomic mass is 19.1. The molecule has 0 saturated carbocycles. The highest BCUT2D eigenvalue weighted by Gasteiger charge is 2.44. The van der Waals surface area contributed by atoms with Crippen LogP contribution in [-0.2, 0) is 9.53 Å². The summed E-state index contributed by atoms with van der Waals surface area (Å²) < 4.78 is 23.4. The van der Waals surface area contributed by atoms with Crippen LogP contribution in [0.3, 0.4) is 0 Å². The third kappa shape index (κ3) is 3.25. The van der Waals surface area contributed by atoms with E-state index in [1.54, 1.807) is 13.2 Å². The Balaban J connectivity index is 2.02. The number of ketones is 1. The second kappa shape index (κ2) is 7.53. The predicted molar refractivity (Wildman–Crippen MR) is 90.0 cm³/mol. The highest BCUT2D eigenvalue weighted by Crippen LogP contribution is 2.39. The van der Waals surface area contributed by atoms with Crippen LogP contribution in [0, 0.1) is 5.82 Å². The number of Topliss-reactive ketones (excluding diaryl/α,β-unsaturated/α-hetero) is 1. The molecule has 2 aromatic rings. The Morgan fingerprint density at radius 3 is 2.65 bits per heavy atom. The van der Waals surface area contributed by atoms with Crippen molar-refractivity contribution < 1.29 is 28.2 Å². The van der Waals surface area contributed by atoms with Crippen LogP contribution in [0.25, 0.3) is 0 Å². The molecule has 0 saturated heterocycles. The van der Waals surface area contributed by atoms with E-state index in [9.17, 15) is 19.1 Å². The third-order valence-corrected chi connectivity index (χ3v) is 4.23. The van der Waals surface area contributed by atoms with Crippen molar-refractivity contribution in [1.82, 2.24) is 4.90 Å². The quantitative estimate of drug-likeness (QED) is 0.607. The lowest BCUT2D eigenvalue weighted by molar-refractivity contribution is -0.129. The van der Waals surface area contributed by atoms with Crippen molar-refractivity contribution in [3.8, 4) is 0 Å². The van der Waals surface area contributed by atoms with Crippen molar-refractivity contribution in [3.63, 3.8) is 0 Å². The van der Waals surface area contributed by atoms with Gasteiger partial charge in [0.25, 0.3) is 5.91 Å².